The molecule has 1 fully saturated rings. The number of piperidine rings is 1. The second-order valence-corrected chi connectivity index (χ2v) is 8.48. The van der Waals surface area contributed by atoms with Crippen LogP contribution in [0.25, 0.3) is 11.4 Å². The Hall–Kier alpha value is -3.13. The van der Waals surface area contributed by atoms with E-state index in [2.05, 4.69) is 33.3 Å². The molecule has 8 heteroatoms. The third-order valence-corrected chi connectivity index (χ3v) is 6.23. The van der Waals surface area contributed by atoms with Gasteiger partial charge in [0.15, 0.2) is 10.6 Å². The molecule has 1 saturated heterocycles. The number of aromatic amines is 1. The molecule has 1 aliphatic heterocycles. The molecule has 2 heterocycles. The van der Waals surface area contributed by atoms with E-state index in [-0.39, 0.29) is 12.5 Å². The van der Waals surface area contributed by atoms with Crippen molar-refractivity contribution in [3.05, 3.63) is 58.9 Å². The van der Waals surface area contributed by atoms with Crippen molar-refractivity contribution in [2.75, 3.05) is 32.1 Å². The van der Waals surface area contributed by atoms with Crippen molar-refractivity contribution in [1.29, 1.82) is 0 Å². The zero-order chi connectivity index (χ0) is 22.5. The fourth-order valence-electron chi connectivity index (χ4n) is 4.11. The Labute approximate surface area is 193 Å². The number of aromatic nitrogens is 3. The first kappa shape index (κ1) is 22.1. The Kier molecular flexibility index (Phi) is 6.90. The lowest BCUT2D eigenvalue weighted by atomic mass is 10.1. The van der Waals surface area contributed by atoms with E-state index in [9.17, 15) is 4.79 Å². The molecule has 0 atom stereocenters. The average molecular weight is 452 g/mol. The van der Waals surface area contributed by atoms with Crippen LogP contribution in [0.4, 0.5) is 5.69 Å². The Balaban J connectivity index is 1.49. The number of carbonyl (C=O) groups excluding carboxylic acids is 1. The van der Waals surface area contributed by atoms with Crippen LogP contribution < -0.4 is 9.64 Å². The molecule has 32 heavy (non-hydrogen) atoms. The molecule has 0 spiro atoms. The molecule has 0 saturated carbocycles. The van der Waals surface area contributed by atoms with Crippen molar-refractivity contribution in [2.45, 2.75) is 32.4 Å². The van der Waals surface area contributed by atoms with Crippen LogP contribution in [-0.4, -0.2) is 52.8 Å². The number of methoxy groups -OCH3 is 1. The number of hydrogen-bond acceptors (Lipinski definition) is 5. The summed E-state index contributed by atoms with van der Waals surface area (Å²) in [6.07, 6.45) is 3.73. The van der Waals surface area contributed by atoms with Gasteiger partial charge in [0.25, 0.3) is 0 Å². The van der Waals surface area contributed by atoms with E-state index in [1.54, 1.807) is 16.6 Å². The number of likely N-dealkylation sites (N-methyl/N-ethyl adjacent to an activating group) is 1. The highest BCUT2D eigenvalue weighted by Gasteiger charge is 2.19. The predicted molar refractivity (Wildman–Crippen MR) is 128 cm³/mol. The van der Waals surface area contributed by atoms with Crippen molar-refractivity contribution in [3.63, 3.8) is 0 Å². The number of carbonyl (C=O) groups is 1. The maximum atomic E-state index is 13.1. The standard InChI is InChI=1S/C24H29N5O2S/c1-27(16-19-8-4-5-9-21(19)28-14-6-3-7-15-28)22(30)17-29-23(25-26-24(29)32)18-10-12-20(31-2)13-11-18/h4-5,8-13H,3,6-7,14-17H2,1-2H3,(H,26,32). The molecule has 1 aromatic heterocycles. The van der Waals surface area contributed by atoms with Gasteiger partial charge in [-0.05, 0) is 67.4 Å². The van der Waals surface area contributed by atoms with Crippen LogP contribution in [0.2, 0.25) is 0 Å². The molecule has 4 rings (SSSR count). The van der Waals surface area contributed by atoms with Gasteiger partial charge in [0, 0.05) is 37.9 Å². The zero-order valence-electron chi connectivity index (χ0n) is 18.6. The maximum Gasteiger partial charge on any atom is 0.242 e. The lowest BCUT2D eigenvalue weighted by Gasteiger charge is -2.31. The van der Waals surface area contributed by atoms with Gasteiger partial charge in [0.2, 0.25) is 5.91 Å². The lowest BCUT2D eigenvalue weighted by molar-refractivity contribution is -0.131. The monoisotopic (exact) mass is 451 g/mol. The van der Waals surface area contributed by atoms with E-state index >= 15 is 0 Å². The number of nitrogens with one attached hydrogen (secondary N) is 1. The molecular weight excluding hydrogens is 422 g/mol. The van der Waals surface area contributed by atoms with E-state index < -0.39 is 0 Å². The van der Waals surface area contributed by atoms with E-state index in [4.69, 9.17) is 17.0 Å². The van der Waals surface area contributed by atoms with Gasteiger partial charge >= 0.3 is 0 Å². The molecule has 1 aliphatic rings. The second-order valence-electron chi connectivity index (χ2n) is 8.09. The highest BCUT2D eigenvalue weighted by molar-refractivity contribution is 7.71. The van der Waals surface area contributed by atoms with Crippen LogP contribution in [0, 0.1) is 4.77 Å². The van der Waals surface area contributed by atoms with Crippen LogP contribution in [0.15, 0.2) is 48.5 Å². The van der Waals surface area contributed by atoms with Crippen LogP contribution in [-0.2, 0) is 17.9 Å². The highest BCUT2D eigenvalue weighted by atomic mass is 32.1. The summed E-state index contributed by atoms with van der Waals surface area (Å²) < 4.78 is 7.39. The van der Waals surface area contributed by atoms with E-state index in [1.807, 2.05) is 37.4 Å². The average Bonchev–Trinajstić information content (AvgIpc) is 3.20. The number of H-pyrrole nitrogens is 1. The fraction of sp³-hybridized carbons (Fsp3) is 0.375. The molecule has 7 nitrogen and oxygen atoms in total. The highest BCUT2D eigenvalue weighted by Crippen LogP contribution is 2.25. The Bertz CT molecular complexity index is 1120. The summed E-state index contributed by atoms with van der Waals surface area (Å²) in [4.78, 5) is 17.3. The van der Waals surface area contributed by atoms with E-state index in [1.165, 1.54) is 24.9 Å². The van der Waals surface area contributed by atoms with E-state index in [0.29, 0.717) is 17.1 Å². The minimum absolute atomic E-state index is 0.0225. The number of para-hydroxylation sites is 1. The molecule has 0 aliphatic carbocycles. The SMILES string of the molecule is COc1ccc(-c2n[nH]c(=S)n2CC(=O)N(C)Cc2ccccc2N2CCCCC2)cc1. The number of benzene rings is 2. The van der Waals surface area contributed by atoms with Gasteiger partial charge in [0.1, 0.15) is 12.3 Å². The molecule has 0 unspecified atom stereocenters. The quantitative estimate of drug-likeness (QED) is 0.544. The van der Waals surface area contributed by atoms with Crippen molar-refractivity contribution < 1.29 is 9.53 Å². The molecule has 3 aromatic rings. The second kappa shape index (κ2) is 9.99. The van der Waals surface area contributed by atoms with Gasteiger partial charge in [-0.2, -0.15) is 5.10 Å². The summed E-state index contributed by atoms with van der Waals surface area (Å²) in [5.74, 6) is 1.37. The van der Waals surface area contributed by atoms with Crippen molar-refractivity contribution in [3.8, 4) is 17.1 Å². The number of hydrogen-bond donors (Lipinski definition) is 1. The number of ether oxygens (including phenoxy) is 1. The Morgan fingerprint density at radius 1 is 1.12 bits per heavy atom. The number of rotatable bonds is 7. The zero-order valence-corrected chi connectivity index (χ0v) is 19.4. The lowest BCUT2D eigenvalue weighted by Crippen LogP contribution is -2.33. The summed E-state index contributed by atoms with van der Waals surface area (Å²) in [6.45, 7) is 2.82. The van der Waals surface area contributed by atoms with Crippen LogP contribution in [0.1, 0.15) is 24.8 Å². The first-order valence-corrected chi connectivity index (χ1v) is 11.3. The molecule has 168 valence electrons. The minimum Gasteiger partial charge on any atom is -0.497 e. The van der Waals surface area contributed by atoms with Gasteiger partial charge in [0.05, 0.1) is 7.11 Å². The van der Waals surface area contributed by atoms with Gasteiger partial charge in [-0.25, -0.2) is 0 Å². The summed E-state index contributed by atoms with van der Waals surface area (Å²) in [6, 6.07) is 15.9. The largest absolute Gasteiger partial charge is 0.497 e. The van der Waals surface area contributed by atoms with Crippen LogP contribution in [0.3, 0.4) is 0 Å². The number of nitrogens with zero attached hydrogens (tertiary/aromatic N) is 4. The normalized spacial score (nSPS) is 13.8. The third kappa shape index (κ3) is 4.85. The van der Waals surface area contributed by atoms with Crippen molar-refractivity contribution in [1.82, 2.24) is 19.7 Å². The molecule has 0 radical (unpaired) electrons. The predicted octanol–water partition coefficient (Wildman–Crippen LogP) is 4.27. The molecule has 2 aromatic carbocycles. The topological polar surface area (TPSA) is 66.4 Å². The smallest absolute Gasteiger partial charge is 0.242 e. The van der Waals surface area contributed by atoms with Crippen LogP contribution in [0.5, 0.6) is 5.75 Å². The summed E-state index contributed by atoms with van der Waals surface area (Å²) in [5, 5.41) is 7.16. The van der Waals surface area contributed by atoms with Gasteiger partial charge in [-0.3, -0.25) is 14.5 Å². The first-order valence-electron chi connectivity index (χ1n) is 10.9. The molecular formula is C24H29N5O2S. The summed E-state index contributed by atoms with van der Waals surface area (Å²) in [7, 11) is 3.47. The van der Waals surface area contributed by atoms with Gasteiger partial charge in [-0.1, -0.05) is 18.2 Å². The molecule has 1 amide bonds. The number of amides is 1. The Morgan fingerprint density at radius 2 is 1.84 bits per heavy atom. The van der Waals surface area contributed by atoms with Crippen LogP contribution >= 0.6 is 12.2 Å². The third-order valence-electron chi connectivity index (χ3n) is 5.92. The maximum absolute atomic E-state index is 13.1. The molecule has 0 bridgehead atoms. The fourth-order valence-corrected chi connectivity index (χ4v) is 4.31. The van der Waals surface area contributed by atoms with Gasteiger partial charge < -0.3 is 14.5 Å². The van der Waals surface area contributed by atoms with Crippen molar-refractivity contribution in [2.24, 2.45) is 0 Å². The first-order chi connectivity index (χ1) is 15.6. The minimum atomic E-state index is -0.0225. The summed E-state index contributed by atoms with van der Waals surface area (Å²) >= 11 is 5.41. The van der Waals surface area contributed by atoms with E-state index in [0.717, 1.165) is 30.0 Å². The number of anilines is 1. The molecule has 1 N–H and O–H groups in total. The van der Waals surface area contributed by atoms with Gasteiger partial charge in [-0.15, -0.1) is 0 Å². The summed E-state index contributed by atoms with van der Waals surface area (Å²) in [5.41, 5.74) is 3.26. The van der Waals surface area contributed by atoms with Crippen molar-refractivity contribution >= 4 is 23.8 Å². The Morgan fingerprint density at radius 3 is 2.56 bits per heavy atom.